The zero-order chi connectivity index (χ0) is 9.23. The van der Waals surface area contributed by atoms with Crippen LogP contribution in [0.4, 0.5) is 0 Å². The van der Waals surface area contributed by atoms with Crippen LogP contribution in [0.5, 0.6) is 0 Å². The van der Waals surface area contributed by atoms with Gasteiger partial charge in [-0.25, -0.2) is 15.0 Å². The van der Waals surface area contributed by atoms with Gasteiger partial charge in [-0.05, 0) is 6.42 Å². The van der Waals surface area contributed by atoms with Crippen molar-refractivity contribution in [3.05, 3.63) is 12.8 Å². The van der Waals surface area contributed by atoms with Gasteiger partial charge in [-0.2, -0.15) is 0 Å². The SMILES string of the molecule is C=C\N=C/N=C(CC)\N=C\CC. The second-order valence-corrected chi connectivity index (χ2v) is 2.07. The van der Waals surface area contributed by atoms with Gasteiger partial charge >= 0.3 is 0 Å². The molecule has 66 valence electrons. The lowest BCUT2D eigenvalue weighted by molar-refractivity contribution is 1.24. The predicted octanol–water partition coefficient (Wildman–Crippen LogP) is 2.45. The van der Waals surface area contributed by atoms with Crippen molar-refractivity contribution in [1.29, 1.82) is 0 Å². The summed E-state index contributed by atoms with van der Waals surface area (Å²) in [4.78, 5) is 11.9. The highest BCUT2D eigenvalue weighted by Gasteiger charge is 1.86. The van der Waals surface area contributed by atoms with Crippen molar-refractivity contribution in [3.63, 3.8) is 0 Å². The molecule has 0 spiro atoms. The molecule has 0 aliphatic heterocycles. The summed E-state index contributed by atoms with van der Waals surface area (Å²) in [5, 5.41) is 0. The summed E-state index contributed by atoms with van der Waals surface area (Å²) in [6.07, 6.45) is 6.49. The van der Waals surface area contributed by atoms with Crippen LogP contribution in [-0.4, -0.2) is 18.4 Å². The van der Waals surface area contributed by atoms with E-state index in [9.17, 15) is 0 Å². The Morgan fingerprint density at radius 1 is 1.42 bits per heavy atom. The lowest BCUT2D eigenvalue weighted by Gasteiger charge is -1.90. The van der Waals surface area contributed by atoms with E-state index in [1.807, 2.05) is 20.1 Å². The van der Waals surface area contributed by atoms with E-state index in [1.165, 1.54) is 12.5 Å². The normalized spacial score (nSPS) is 13.0. The van der Waals surface area contributed by atoms with E-state index in [1.54, 1.807) is 0 Å². The number of nitrogens with zero attached hydrogens (tertiary/aromatic N) is 3. The Morgan fingerprint density at radius 3 is 2.67 bits per heavy atom. The van der Waals surface area contributed by atoms with Gasteiger partial charge in [-0.3, -0.25) is 0 Å². The third kappa shape index (κ3) is 5.53. The molecule has 0 aromatic heterocycles. The van der Waals surface area contributed by atoms with Crippen LogP contribution >= 0.6 is 0 Å². The summed E-state index contributed by atoms with van der Waals surface area (Å²) in [5.41, 5.74) is 0. The molecule has 0 amide bonds. The zero-order valence-electron chi connectivity index (χ0n) is 7.70. The highest BCUT2D eigenvalue weighted by atomic mass is 14.9. The van der Waals surface area contributed by atoms with Gasteiger partial charge in [-0.1, -0.05) is 20.4 Å². The monoisotopic (exact) mass is 165 g/mol. The number of hydrogen-bond donors (Lipinski definition) is 0. The van der Waals surface area contributed by atoms with E-state index in [2.05, 4.69) is 21.6 Å². The maximum atomic E-state index is 4.13. The summed E-state index contributed by atoms with van der Waals surface area (Å²) < 4.78 is 0. The van der Waals surface area contributed by atoms with Crippen molar-refractivity contribution in [1.82, 2.24) is 0 Å². The molecule has 0 aliphatic rings. The molecule has 0 aromatic rings. The van der Waals surface area contributed by atoms with Crippen molar-refractivity contribution >= 4 is 18.4 Å². The van der Waals surface area contributed by atoms with E-state index in [0.717, 1.165) is 18.7 Å². The first kappa shape index (κ1) is 10.8. The Hall–Kier alpha value is -1.25. The minimum atomic E-state index is 0.794. The van der Waals surface area contributed by atoms with Crippen molar-refractivity contribution in [2.45, 2.75) is 26.7 Å². The molecule has 12 heavy (non-hydrogen) atoms. The van der Waals surface area contributed by atoms with Crippen LogP contribution in [0.3, 0.4) is 0 Å². The van der Waals surface area contributed by atoms with Gasteiger partial charge in [0, 0.05) is 18.8 Å². The Balaban J connectivity index is 4.12. The topological polar surface area (TPSA) is 37.1 Å². The Morgan fingerprint density at radius 2 is 2.17 bits per heavy atom. The molecule has 0 aliphatic carbocycles. The van der Waals surface area contributed by atoms with Crippen molar-refractivity contribution in [2.75, 3.05) is 0 Å². The van der Waals surface area contributed by atoms with Gasteiger partial charge in [0.1, 0.15) is 12.2 Å². The number of amidine groups is 1. The average Bonchev–Trinajstić information content (AvgIpc) is 2.11. The second-order valence-electron chi connectivity index (χ2n) is 2.07. The van der Waals surface area contributed by atoms with Crippen LogP contribution in [0, 0.1) is 0 Å². The lowest BCUT2D eigenvalue weighted by Crippen LogP contribution is -1.91. The molecule has 3 heteroatoms. The molecule has 0 fully saturated rings. The summed E-state index contributed by atoms with van der Waals surface area (Å²) in [5.74, 6) is 0.794. The third-order valence-corrected chi connectivity index (χ3v) is 1.12. The minimum Gasteiger partial charge on any atom is -0.246 e. The highest BCUT2D eigenvalue weighted by molar-refractivity contribution is 5.93. The number of aliphatic imine (C=N–C) groups is 3. The van der Waals surface area contributed by atoms with Crippen LogP contribution in [-0.2, 0) is 0 Å². The molecular formula is C9H15N3. The van der Waals surface area contributed by atoms with E-state index in [0.29, 0.717) is 0 Å². The van der Waals surface area contributed by atoms with Crippen molar-refractivity contribution < 1.29 is 0 Å². The molecule has 0 saturated carbocycles. The van der Waals surface area contributed by atoms with Crippen LogP contribution in [0.15, 0.2) is 27.8 Å². The molecule has 0 bridgehead atoms. The van der Waals surface area contributed by atoms with Gasteiger partial charge in [0.25, 0.3) is 0 Å². The molecule has 0 unspecified atom stereocenters. The highest BCUT2D eigenvalue weighted by Crippen LogP contribution is 1.87. The van der Waals surface area contributed by atoms with Crippen molar-refractivity contribution in [3.8, 4) is 0 Å². The standard InChI is InChI=1S/C9H15N3/c1-4-7-11-9(5-2)12-8-10-6-3/h6-8H,3-5H2,1-2H3/b10-8-,11-7+,12-9-. The van der Waals surface area contributed by atoms with Crippen molar-refractivity contribution in [2.24, 2.45) is 15.0 Å². The summed E-state index contributed by atoms with van der Waals surface area (Å²) in [7, 11) is 0. The van der Waals surface area contributed by atoms with Gasteiger partial charge in [0.05, 0.1) is 0 Å². The molecule has 0 rings (SSSR count). The number of rotatable bonds is 4. The summed E-state index contributed by atoms with van der Waals surface area (Å²) in [6.45, 7) is 7.48. The second kappa shape index (κ2) is 7.85. The molecule has 3 nitrogen and oxygen atoms in total. The molecular weight excluding hydrogens is 150 g/mol. The first-order chi connectivity index (χ1) is 5.85. The fraction of sp³-hybridized carbons (Fsp3) is 0.444. The molecule has 0 aromatic carbocycles. The first-order valence-corrected chi connectivity index (χ1v) is 4.06. The summed E-state index contributed by atoms with van der Waals surface area (Å²) in [6, 6.07) is 0. The minimum absolute atomic E-state index is 0.794. The zero-order valence-corrected chi connectivity index (χ0v) is 7.70. The van der Waals surface area contributed by atoms with Crippen LogP contribution in [0.1, 0.15) is 26.7 Å². The van der Waals surface area contributed by atoms with E-state index < -0.39 is 0 Å². The molecule has 0 radical (unpaired) electrons. The van der Waals surface area contributed by atoms with Crippen LogP contribution < -0.4 is 0 Å². The van der Waals surface area contributed by atoms with E-state index in [-0.39, 0.29) is 0 Å². The largest absolute Gasteiger partial charge is 0.246 e. The molecule has 0 saturated heterocycles. The maximum absolute atomic E-state index is 4.13. The molecule has 0 N–H and O–H groups in total. The number of hydrogen-bond acceptors (Lipinski definition) is 1. The van der Waals surface area contributed by atoms with Crippen LogP contribution in [0.25, 0.3) is 0 Å². The van der Waals surface area contributed by atoms with E-state index in [4.69, 9.17) is 0 Å². The fourth-order valence-electron chi connectivity index (χ4n) is 0.560. The fourth-order valence-corrected chi connectivity index (χ4v) is 0.560. The molecule has 0 heterocycles. The Labute approximate surface area is 73.7 Å². The maximum Gasteiger partial charge on any atom is 0.129 e. The lowest BCUT2D eigenvalue weighted by atomic mass is 10.4. The smallest absolute Gasteiger partial charge is 0.129 e. The van der Waals surface area contributed by atoms with E-state index >= 15 is 0 Å². The van der Waals surface area contributed by atoms with Gasteiger partial charge < -0.3 is 0 Å². The Bertz CT molecular complexity index is 202. The Kier molecular flexibility index (Phi) is 7.03. The quantitative estimate of drug-likeness (QED) is 0.453. The van der Waals surface area contributed by atoms with Gasteiger partial charge in [0.2, 0.25) is 0 Å². The first-order valence-electron chi connectivity index (χ1n) is 4.06. The van der Waals surface area contributed by atoms with Gasteiger partial charge in [0.15, 0.2) is 0 Å². The third-order valence-electron chi connectivity index (χ3n) is 1.12. The molecule has 0 atom stereocenters. The van der Waals surface area contributed by atoms with Crippen LogP contribution in [0.2, 0.25) is 0 Å². The van der Waals surface area contributed by atoms with Gasteiger partial charge in [-0.15, -0.1) is 0 Å². The predicted molar refractivity (Wildman–Crippen MR) is 55.2 cm³/mol. The summed E-state index contributed by atoms with van der Waals surface area (Å²) >= 11 is 0. The average molecular weight is 165 g/mol.